The lowest BCUT2D eigenvalue weighted by molar-refractivity contribution is 0.588. The maximum Gasteiger partial charge on any atom is 0.269 e. The van der Waals surface area contributed by atoms with Crippen LogP contribution in [0.1, 0.15) is 16.7 Å². The number of hydrogen-bond donors (Lipinski definition) is 2. The number of nitrogens with one attached hydrogen (secondary N) is 2. The molecule has 2 heterocycles. The SMILES string of the molecule is CNCc1cn(S(=O)(=O)c2cccnc2)c2cc(Nc3cc(C)c(Cl)cc3C)ccc12. The molecule has 31 heavy (non-hydrogen) atoms. The summed E-state index contributed by atoms with van der Waals surface area (Å²) in [6, 6.07) is 12.8. The smallest absolute Gasteiger partial charge is 0.269 e. The third kappa shape index (κ3) is 4.04. The van der Waals surface area contributed by atoms with E-state index in [1.165, 1.54) is 10.2 Å². The van der Waals surface area contributed by atoms with E-state index in [-0.39, 0.29) is 4.90 Å². The maximum atomic E-state index is 13.3. The van der Waals surface area contributed by atoms with Crippen LogP contribution in [-0.4, -0.2) is 24.4 Å². The van der Waals surface area contributed by atoms with E-state index >= 15 is 0 Å². The van der Waals surface area contributed by atoms with E-state index in [1.807, 2.05) is 51.2 Å². The number of fused-ring (bicyclic) bond motifs is 1. The normalized spacial score (nSPS) is 11.7. The van der Waals surface area contributed by atoms with Gasteiger partial charge in [0.05, 0.1) is 5.52 Å². The van der Waals surface area contributed by atoms with Crippen molar-refractivity contribution in [3.8, 4) is 0 Å². The van der Waals surface area contributed by atoms with Crippen molar-refractivity contribution in [3.05, 3.63) is 82.8 Å². The molecule has 6 nitrogen and oxygen atoms in total. The van der Waals surface area contributed by atoms with Gasteiger partial charge in [-0.15, -0.1) is 0 Å². The van der Waals surface area contributed by atoms with Gasteiger partial charge in [-0.3, -0.25) is 4.98 Å². The van der Waals surface area contributed by atoms with Crippen molar-refractivity contribution in [1.29, 1.82) is 0 Å². The quantitative estimate of drug-likeness (QED) is 0.428. The molecular formula is C23H23ClN4O2S. The Morgan fingerprint density at radius 1 is 1.10 bits per heavy atom. The van der Waals surface area contributed by atoms with Gasteiger partial charge in [-0.2, -0.15) is 0 Å². The number of pyridine rings is 1. The second-order valence-corrected chi connectivity index (χ2v) is 9.67. The van der Waals surface area contributed by atoms with Gasteiger partial charge in [-0.05, 0) is 74.0 Å². The minimum absolute atomic E-state index is 0.144. The molecule has 0 unspecified atom stereocenters. The number of nitrogens with zero attached hydrogens (tertiary/aromatic N) is 2. The van der Waals surface area contributed by atoms with Crippen LogP contribution >= 0.6 is 11.6 Å². The maximum absolute atomic E-state index is 13.3. The monoisotopic (exact) mass is 454 g/mol. The van der Waals surface area contributed by atoms with E-state index in [1.54, 1.807) is 24.5 Å². The fraction of sp³-hybridized carbons (Fsp3) is 0.174. The zero-order chi connectivity index (χ0) is 22.2. The van der Waals surface area contributed by atoms with Gasteiger partial charge in [0.25, 0.3) is 10.0 Å². The first kappa shape index (κ1) is 21.4. The molecule has 8 heteroatoms. The number of aromatic nitrogens is 2. The van der Waals surface area contributed by atoms with Crippen LogP contribution in [-0.2, 0) is 16.6 Å². The number of anilines is 2. The molecule has 0 aliphatic heterocycles. The standard InChI is InChI=1S/C23H23ClN4O2S/c1-15-10-22(16(2)9-21(15)24)27-18-6-7-20-17(12-25-3)14-28(23(20)11-18)31(29,30)19-5-4-8-26-13-19/h4-11,13-14,25,27H,12H2,1-3H3. The molecule has 0 atom stereocenters. The minimum atomic E-state index is -3.79. The molecule has 2 N–H and O–H groups in total. The van der Waals surface area contributed by atoms with E-state index in [2.05, 4.69) is 15.6 Å². The largest absolute Gasteiger partial charge is 0.355 e. The van der Waals surface area contributed by atoms with Crippen LogP contribution in [0.3, 0.4) is 0 Å². The number of halogens is 1. The molecule has 0 amide bonds. The van der Waals surface area contributed by atoms with Gasteiger partial charge in [-0.25, -0.2) is 12.4 Å². The summed E-state index contributed by atoms with van der Waals surface area (Å²) in [5.41, 5.74) is 5.18. The molecule has 0 saturated heterocycles. The highest BCUT2D eigenvalue weighted by Gasteiger charge is 2.21. The van der Waals surface area contributed by atoms with Crippen molar-refractivity contribution >= 4 is 43.9 Å². The molecule has 160 valence electrons. The number of hydrogen-bond acceptors (Lipinski definition) is 5. The first-order valence-corrected chi connectivity index (χ1v) is 11.6. The van der Waals surface area contributed by atoms with E-state index in [0.29, 0.717) is 17.1 Å². The van der Waals surface area contributed by atoms with Crippen LogP contribution in [0.4, 0.5) is 11.4 Å². The van der Waals surface area contributed by atoms with Crippen LogP contribution in [0.15, 0.2) is 66.0 Å². The van der Waals surface area contributed by atoms with Crippen molar-refractivity contribution in [2.75, 3.05) is 12.4 Å². The molecular weight excluding hydrogens is 432 g/mol. The molecule has 0 bridgehead atoms. The molecule has 0 aliphatic rings. The summed E-state index contributed by atoms with van der Waals surface area (Å²) < 4.78 is 28.0. The summed E-state index contributed by atoms with van der Waals surface area (Å²) in [6.07, 6.45) is 4.59. The van der Waals surface area contributed by atoms with Gasteiger partial charge in [0.1, 0.15) is 4.90 Å². The molecule has 2 aromatic carbocycles. The summed E-state index contributed by atoms with van der Waals surface area (Å²) in [5, 5.41) is 8.09. The Kier molecular flexibility index (Phi) is 5.75. The van der Waals surface area contributed by atoms with Crippen LogP contribution in [0.25, 0.3) is 10.9 Å². The number of benzene rings is 2. The Labute approximate surface area is 186 Å². The number of aryl methyl sites for hydroxylation is 2. The Bertz CT molecular complexity index is 1370. The Morgan fingerprint density at radius 3 is 2.61 bits per heavy atom. The molecule has 4 rings (SSSR count). The highest BCUT2D eigenvalue weighted by molar-refractivity contribution is 7.90. The second kappa shape index (κ2) is 8.34. The third-order valence-electron chi connectivity index (χ3n) is 5.20. The van der Waals surface area contributed by atoms with Crippen molar-refractivity contribution in [3.63, 3.8) is 0 Å². The molecule has 0 radical (unpaired) electrons. The summed E-state index contributed by atoms with van der Waals surface area (Å²) in [6.45, 7) is 4.48. The van der Waals surface area contributed by atoms with Gasteiger partial charge < -0.3 is 10.6 Å². The van der Waals surface area contributed by atoms with Gasteiger partial charge in [0.2, 0.25) is 0 Å². The fourth-order valence-electron chi connectivity index (χ4n) is 3.56. The molecule has 4 aromatic rings. The van der Waals surface area contributed by atoms with Crippen molar-refractivity contribution < 1.29 is 8.42 Å². The second-order valence-electron chi connectivity index (χ2n) is 7.45. The Hall–Kier alpha value is -2.87. The summed E-state index contributed by atoms with van der Waals surface area (Å²) in [4.78, 5) is 4.11. The molecule has 2 aromatic heterocycles. The van der Waals surface area contributed by atoms with Crippen molar-refractivity contribution in [2.24, 2.45) is 0 Å². The van der Waals surface area contributed by atoms with E-state index in [0.717, 1.165) is 33.5 Å². The van der Waals surface area contributed by atoms with E-state index in [9.17, 15) is 8.42 Å². The lowest BCUT2D eigenvalue weighted by Crippen LogP contribution is -2.12. The summed E-state index contributed by atoms with van der Waals surface area (Å²) in [7, 11) is -1.96. The van der Waals surface area contributed by atoms with Crippen LogP contribution in [0, 0.1) is 13.8 Å². The predicted octanol–water partition coefficient (Wildman–Crippen LogP) is 5.01. The van der Waals surface area contributed by atoms with Gasteiger partial charge in [0.15, 0.2) is 0 Å². The van der Waals surface area contributed by atoms with Crippen LogP contribution in [0.2, 0.25) is 5.02 Å². The van der Waals surface area contributed by atoms with E-state index < -0.39 is 10.0 Å². The van der Waals surface area contributed by atoms with Gasteiger partial charge in [-0.1, -0.05) is 17.7 Å². The Morgan fingerprint density at radius 2 is 1.90 bits per heavy atom. The first-order chi connectivity index (χ1) is 14.8. The van der Waals surface area contributed by atoms with Crippen molar-refractivity contribution in [2.45, 2.75) is 25.3 Å². The highest BCUT2D eigenvalue weighted by atomic mass is 35.5. The number of rotatable bonds is 6. The van der Waals surface area contributed by atoms with Crippen molar-refractivity contribution in [1.82, 2.24) is 14.3 Å². The van der Waals surface area contributed by atoms with E-state index in [4.69, 9.17) is 11.6 Å². The fourth-order valence-corrected chi connectivity index (χ4v) is 5.12. The van der Waals surface area contributed by atoms with Gasteiger partial charge >= 0.3 is 0 Å². The lowest BCUT2D eigenvalue weighted by Gasteiger charge is -2.13. The minimum Gasteiger partial charge on any atom is -0.355 e. The zero-order valence-corrected chi connectivity index (χ0v) is 19.1. The summed E-state index contributed by atoms with van der Waals surface area (Å²) >= 11 is 6.22. The lowest BCUT2D eigenvalue weighted by atomic mass is 10.1. The molecule has 0 saturated carbocycles. The molecule has 0 fully saturated rings. The zero-order valence-electron chi connectivity index (χ0n) is 17.5. The summed E-state index contributed by atoms with van der Waals surface area (Å²) in [5.74, 6) is 0. The predicted molar refractivity (Wildman–Crippen MR) is 126 cm³/mol. The highest BCUT2D eigenvalue weighted by Crippen LogP contribution is 2.31. The average Bonchev–Trinajstić information content (AvgIpc) is 3.11. The molecule has 0 aliphatic carbocycles. The van der Waals surface area contributed by atoms with Crippen LogP contribution < -0.4 is 10.6 Å². The molecule has 0 spiro atoms. The average molecular weight is 455 g/mol. The Balaban J connectivity index is 1.85. The topological polar surface area (TPSA) is 76.0 Å². The first-order valence-electron chi connectivity index (χ1n) is 9.79. The van der Waals surface area contributed by atoms with Gasteiger partial charge in [0, 0.05) is 46.9 Å². The third-order valence-corrected chi connectivity index (χ3v) is 7.26. The van der Waals surface area contributed by atoms with Crippen LogP contribution in [0.5, 0.6) is 0 Å².